The molecule has 0 saturated heterocycles. The summed E-state index contributed by atoms with van der Waals surface area (Å²) in [5.41, 5.74) is 3.65. The van der Waals surface area contributed by atoms with E-state index in [4.69, 9.17) is 0 Å². The third-order valence-corrected chi connectivity index (χ3v) is 3.33. The Morgan fingerprint density at radius 2 is 1.70 bits per heavy atom. The summed E-state index contributed by atoms with van der Waals surface area (Å²) in [6, 6.07) is 17.1. The molecule has 0 radical (unpaired) electrons. The molecule has 4 aromatic rings. The minimum absolute atomic E-state index is 0.503. The topological polar surface area (TPSA) is 57.1 Å². The lowest BCUT2D eigenvalue weighted by Crippen LogP contribution is -2.33. The van der Waals surface area contributed by atoms with Crippen molar-refractivity contribution >= 4 is 16.7 Å². The molecule has 0 atom stereocenters. The summed E-state index contributed by atoms with van der Waals surface area (Å²) >= 11 is 0. The summed E-state index contributed by atoms with van der Waals surface area (Å²) in [6.45, 7) is 0. The van der Waals surface area contributed by atoms with Gasteiger partial charge >= 0.3 is 0 Å². The largest absolute Gasteiger partial charge is 0.594 e. The molecule has 0 N–H and O–H groups in total. The predicted molar refractivity (Wildman–Crippen MR) is 74.9 cm³/mol. The molecule has 5 heteroatoms. The van der Waals surface area contributed by atoms with Gasteiger partial charge in [0.05, 0.1) is 11.8 Å². The molecule has 0 fully saturated rings. The van der Waals surface area contributed by atoms with Gasteiger partial charge in [0.1, 0.15) is 5.52 Å². The molecule has 96 valence electrons. The van der Waals surface area contributed by atoms with Crippen LogP contribution in [0.1, 0.15) is 0 Å². The van der Waals surface area contributed by atoms with E-state index in [1.165, 1.54) is 0 Å². The lowest BCUT2D eigenvalue weighted by molar-refractivity contribution is -0.640. The molecule has 0 unspecified atom stereocenters. The van der Waals surface area contributed by atoms with Crippen LogP contribution in [0.5, 0.6) is 0 Å². The SMILES string of the molecule is [O-][n+]1nc2c(-c3ccccc3)cnn2c2ccccc21. The third kappa shape index (κ3) is 1.46. The lowest BCUT2D eigenvalue weighted by Gasteiger charge is -2.02. The number of hydrogen-bond donors (Lipinski definition) is 0. The fourth-order valence-corrected chi connectivity index (χ4v) is 2.38. The monoisotopic (exact) mass is 262 g/mol. The fourth-order valence-electron chi connectivity index (χ4n) is 2.38. The smallest absolute Gasteiger partial charge is 0.270 e. The Morgan fingerprint density at radius 1 is 0.950 bits per heavy atom. The van der Waals surface area contributed by atoms with Gasteiger partial charge in [-0.25, -0.2) is 4.52 Å². The molecule has 0 aliphatic heterocycles. The Morgan fingerprint density at radius 3 is 2.55 bits per heavy atom. The molecular weight excluding hydrogens is 252 g/mol. The Hall–Kier alpha value is -2.95. The molecule has 0 spiro atoms. The molecule has 5 nitrogen and oxygen atoms in total. The van der Waals surface area contributed by atoms with Crippen molar-refractivity contribution in [2.24, 2.45) is 0 Å². The van der Waals surface area contributed by atoms with Gasteiger partial charge in [-0.05, 0) is 16.5 Å². The molecule has 2 aromatic carbocycles. The number of benzene rings is 2. The minimum atomic E-state index is 0.503. The first kappa shape index (κ1) is 10.9. The Bertz CT molecular complexity index is 915. The zero-order valence-corrected chi connectivity index (χ0v) is 10.5. The Labute approximate surface area is 114 Å². The van der Waals surface area contributed by atoms with Crippen LogP contribution in [0, 0.1) is 5.21 Å². The van der Waals surface area contributed by atoms with Crippen molar-refractivity contribution in [1.82, 2.24) is 14.7 Å². The van der Waals surface area contributed by atoms with Crippen molar-refractivity contribution in [3.05, 3.63) is 66.0 Å². The Kier molecular flexibility index (Phi) is 2.20. The standard InChI is InChI=1S/C15H10N4O/c20-19-14-9-5-4-8-13(14)18-15(17-19)12(10-16-18)11-6-2-1-3-7-11/h1-10H. The minimum Gasteiger partial charge on any atom is -0.594 e. The van der Waals surface area contributed by atoms with E-state index in [0.29, 0.717) is 16.0 Å². The van der Waals surface area contributed by atoms with Crippen molar-refractivity contribution in [2.75, 3.05) is 0 Å². The van der Waals surface area contributed by atoms with Crippen LogP contribution in [0.4, 0.5) is 0 Å². The number of hydrogen-bond acceptors (Lipinski definition) is 3. The number of rotatable bonds is 1. The molecule has 4 rings (SSSR count). The van der Waals surface area contributed by atoms with Crippen LogP contribution in [-0.4, -0.2) is 14.7 Å². The van der Waals surface area contributed by atoms with Crippen LogP contribution in [0.25, 0.3) is 27.8 Å². The van der Waals surface area contributed by atoms with E-state index in [1.807, 2.05) is 48.5 Å². The summed E-state index contributed by atoms with van der Waals surface area (Å²) in [7, 11) is 0. The van der Waals surface area contributed by atoms with Gasteiger partial charge in [0.2, 0.25) is 5.65 Å². The normalized spacial score (nSPS) is 11.2. The summed E-state index contributed by atoms with van der Waals surface area (Å²) in [4.78, 5) is 0.652. The molecule has 2 heterocycles. The van der Waals surface area contributed by atoms with Gasteiger partial charge < -0.3 is 5.21 Å². The second-order valence-corrected chi connectivity index (χ2v) is 4.52. The van der Waals surface area contributed by atoms with Crippen molar-refractivity contribution in [3.8, 4) is 11.1 Å². The summed E-state index contributed by atoms with van der Waals surface area (Å²) < 4.78 is 1.70. The molecule has 0 aliphatic rings. The van der Waals surface area contributed by atoms with Crippen LogP contribution in [0.3, 0.4) is 0 Å². The number of para-hydroxylation sites is 2. The van der Waals surface area contributed by atoms with E-state index in [9.17, 15) is 5.21 Å². The van der Waals surface area contributed by atoms with Gasteiger partial charge in [0.25, 0.3) is 5.52 Å². The first-order valence-electron chi connectivity index (χ1n) is 6.26. The van der Waals surface area contributed by atoms with E-state index < -0.39 is 0 Å². The number of fused-ring (bicyclic) bond motifs is 3. The predicted octanol–water partition coefficient (Wildman–Crippen LogP) is 2.18. The van der Waals surface area contributed by atoms with Gasteiger partial charge in [-0.2, -0.15) is 5.10 Å². The average molecular weight is 262 g/mol. The summed E-state index contributed by atoms with van der Waals surface area (Å²) in [6.07, 6.45) is 1.74. The first-order valence-corrected chi connectivity index (χ1v) is 6.26. The first-order chi connectivity index (χ1) is 9.84. The van der Waals surface area contributed by atoms with Gasteiger partial charge in [0.15, 0.2) is 0 Å². The van der Waals surface area contributed by atoms with Crippen LogP contribution in [-0.2, 0) is 0 Å². The zero-order chi connectivity index (χ0) is 13.5. The molecule has 0 bridgehead atoms. The van der Waals surface area contributed by atoms with Gasteiger partial charge in [-0.15, -0.1) is 0 Å². The highest BCUT2D eigenvalue weighted by atomic mass is 16.5. The molecule has 0 amide bonds. The molecule has 0 aliphatic carbocycles. The van der Waals surface area contributed by atoms with E-state index in [1.54, 1.807) is 16.8 Å². The molecule has 0 saturated carbocycles. The summed E-state index contributed by atoms with van der Waals surface area (Å²) in [5, 5.41) is 20.5. The van der Waals surface area contributed by atoms with Crippen molar-refractivity contribution in [1.29, 1.82) is 0 Å². The quantitative estimate of drug-likeness (QED) is 0.390. The molecule has 20 heavy (non-hydrogen) atoms. The highest BCUT2D eigenvalue weighted by Gasteiger charge is 2.16. The van der Waals surface area contributed by atoms with E-state index in [0.717, 1.165) is 16.6 Å². The zero-order valence-electron chi connectivity index (χ0n) is 10.5. The van der Waals surface area contributed by atoms with Crippen LogP contribution >= 0.6 is 0 Å². The number of aromatic nitrogens is 4. The van der Waals surface area contributed by atoms with Crippen molar-refractivity contribution in [3.63, 3.8) is 0 Å². The second-order valence-electron chi connectivity index (χ2n) is 4.52. The van der Waals surface area contributed by atoms with Crippen LogP contribution in [0.15, 0.2) is 60.8 Å². The van der Waals surface area contributed by atoms with E-state index in [2.05, 4.69) is 10.2 Å². The third-order valence-electron chi connectivity index (χ3n) is 3.33. The van der Waals surface area contributed by atoms with Crippen molar-refractivity contribution in [2.45, 2.75) is 0 Å². The summed E-state index contributed by atoms with van der Waals surface area (Å²) in [5.74, 6) is 0. The number of nitrogens with zero attached hydrogens (tertiary/aromatic N) is 4. The van der Waals surface area contributed by atoms with Crippen LogP contribution in [0.2, 0.25) is 0 Å². The van der Waals surface area contributed by atoms with E-state index in [-0.39, 0.29) is 0 Å². The van der Waals surface area contributed by atoms with Crippen molar-refractivity contribution < 1.29 is 4.85 Å². The van der Waals surface area contributed by atoms with Crippen LogP contribution < -0.4 is 4.85 Å². The maximum atomic E-state index is 12.0. The van der Waals surface area contributed by atoms with E-state index >= 15 is 0 Å². The maximum absolute atomic E-state index is 12.0. The second kappa shape index (κ2) is 4.03. The van der Waals surface area contributed by atoms with Gasteiger partial charge in [-0.1, -0.05) is 42.5 Å². The maximum Gasteiger partial charge on any atom is 0.270 e. The molecular formula is C15H10N4O. The van der Waals surface area contributed by atoms with Gasteiger partial charge in [-0.3, -0.25) is 0 Å². The highest BCUT2D eigenvalue weighted by molar-refractivity contribution is 5.81. The average Bonchev–Trinajstić information content (AvgIpc) is 2.92. The lowest BCUT2D eigenvalue weighted by atomic mass is 10.1. The Balaban J connectivity index is 2.12. The highest BCUT2D eigenvalue weighted by Crippen LogP contribution is 2.23. The van der Waals surface area contributed by atoms with Gasteiger partial charge in [0, 0.05) is 11.2 Å². The fraction of sp³-hybridized carbons (Fsp3) is 0. The molecule has 2 aromatic heterocycles.